The van der Waals surface area contributed by atoms with Crippen molar-refractivity contribution in [1.29, 1.82) is 0 Å². The predicted octanol–water partition coefficient (Wildman–Crippen LogP) is 1.19. The van der Waals surface area contributed by atoms with Gasteiger partial charge in [-0.2, -0.15) is 5.48 Å². The lowest BCUT2D eigenvalue weighted by Gasteiger charge is -2.06. The molecule has 1 atom stereocenters. The first kappa shape index (κ1) is 7.64. The standard InChI is InChI=1S/C8H9FN2O/c9-7-3-6(4-10-5-7)8-1-2-12-11-8/h3-5,8,11H,1-2H2. The molecule has 64 valence electrons. The molecule has 0 saturated carbocycles. The summed E-state index contributed by atoms with van der Waals surface area (Å²) in [6.45, 7) is 0.668. The Morgan fingerprint density at radius 1 is 1.58 bits per heavy atom. The minimum absolute atomic E-state index is 0.0909. The van der Waals surface area contributed by atoms with Crippen LogP contribution >= 0.6 is 0 Å². The summed E-state index contributed by atoms with van der Waals surface area (Å²) in [6.07, 6.45) is 3.71. The second kappa shape index (κ2) is 3.16. The van der Waals surface area contributed by atoms with Crippen molar-refractivity contribution in [2.45, 2.75) is 12.5 Å². The van der Waals surface area contributed by atoms with E-state index in [0.29, 0.717) is 6.61 Å². The van der Waals surface area contributed by atoms with E-state index < -0.39 is 0 Å². The molecule has 0 aromatic carbocycles. The zero-order chi connectivity index (χ0) is 8.39. The van der Waals surface area contributed by atoms with Crippen LogP contribution in [0.1, 0.15) is 18.0 Å². The zero-order valence-electron chi connectivity index (χ0n) is 6.46. The largest absolute Gasteiger partial charge is 0.301 e. The second-order valence-corrected chi connectivity index (χ2v) is 2.74. The van der Waals surface area contributed by atoms with Crippen LogP contribution < -0.4 is 5.48 Å². The fourth-order valence-electron chi connectivity index (χ4n) is 1.25. The summed E-state index contributed by atoms with van der Waals surface area (Å²) in [5.41, 5.74) is 3.63. The van der Waals surface area contributed by atoms with E-state index >= 15 is 0 Å². The highest BCUT2D eigenvalue weighted by Crippen LogP contribution is 2.20. The number of hydrogen-bond acceptors (Lipinski definition) is 3. The highest BCUT2D eigenvalue weighted by Gasteiger charge is 2.17. The molecule has 1 aliphatic rings. The average Bonchev–Trinajstić information content (AvgIpc) is 2.56. The van der Waals surface area contributed by atoms with Crippen LogP contribution in [0.5, 0.6) is 0 Å². The van der Waals surface area contributed by atoms with Crippen molar-refractivity contribution in [3.63, 3.8) is 0 Å². The van der Waals surface area contributed by atoms with E-state index in [1.165, 1.54) is 12.3 Å². The Labute approximate surface area is 69.5 Å². The molecule has 1 unspecified atom stereocenters. The Morgan fingerprint density at radius 2 is 2.50 bits per heavy atom. The molecule has 1 aliphatic heterocycles. The van der Waals surface area contributed by atoms with E-state index in [-0.39, 0.29) is 11.9 Å². The summed E-state index contributed by atoms with van der Waals surface area (Å²) in [6, 6.07) is 1.56. The Bertz CT molecular complexity index is 274. The molecule has 1 fully saturated rings. The van der Waals surface area contributed by atoms with Gasteiger partial charge >= 0.3 is 0 Å². The number of nitrogens with one attached hydrogen (secondary N) is 1. The van der Waals surface area contributed by atoms with E-state index in [2.05, 4.69) is 10.5 Å². The first-order valence-electron chi connectivity index (χ1n) is 3.84. The quantitative estimate of drug-likeness (QED) is 0.683. The third-order valence-corrected chi connectivity index (χ3v) is 1.86. The lowest BCUT2D eigenvalue weighted by molar-refractivity contribution is 0.0882. The van der Waals surface area contributed by atoms with Gasteiger partial charge in [-0.15, -0.1) is 0 Å². The fourth-order valence-corrected chi connectivity index (χ4v) is 1.25. The van der Waals surface area contributed by atoms with Gasteiger partial charge in [-0.3, -0.25) is 4.98 Å². The number of halogens is 1. The van der Waals surface area contributed by atoms with Crippen LogP contribution in [0.3, 0.4) is 0 Å². The molecular weight excluding hydrogens is 159 g/mol. The van der Waals surface area contributed by atoms with Crippen molar-refractivity contribution in [2.75, 3.05) is 6.61 Å². The van der Waals surface area contributed by atoms with E-state index in [4.69, 9.17) is 4.84 Å². The molecule has 1 saturated heterocycles. The van der Waals surface area contributed by atoms with E-state index in [0.717, 1.165) is 12.0 Å². The minimum atomic E-state index is -0.304. The van der Waals surface area contributed by atoms with Crippen molar-refractivity contribution in [2.24, 2.45) is 0 Å². The van der Waals surface area contributed by atoms with Gasteiger partial charge in [-0.05, 0) is 18.1 Å². The molecule has 3 nitrogen and oxygen atoms in total. The predicted molar refractivity (Wildman–Crippen MR) is 40.6 cm³/mol. The van der Waals surface area contributed by atoms with E-state index in [1.807, 2.05) is 0 Å². The van der Waals surface area contributed by atoms with Crippen LogP contribution in [0.2, 0.25) is 0 Å². The van der Waals surface area contributed by atoms with Gasteiger partial charge in [0, 0.05) is 6.20 Å². The van der Waals surface area contributed by atoms with E-state index in [1.54, 1.807) is 6.20 Å². The maximum absolute atomic E-state index is 12.7. The Kier molecular flexibility index (Phi) is 2.01. The molecule has 4 heteroatoms. The Hall–Kier alpha value is -1.00. The minimum Gasteiger partial charge on any atom is -0.301 e. The normalized spacial score (nSPS) is 22.9. The summed E-state index contributed by atoms with van der Waals surface area (Å²) in [7, 11) is 0. The van der Waals surface area contributed by atoms with Crippen molar-refractivity contribution in [1.82, 2.24) is 10.5 Å². The van der Waals surface area contributed by atoms with Gasteiger partial charge in [-0.1, -0.05) is 0 Å². The molecule has 0 amide bonds. The first-order valence-corrected chi connectivity index (χ1v) is 3.84. The highest BCUT2D eigenvalue weighted by atomic mass is 19.1. The molecule has 12 heavy (non-hydrogen) atoms. The summed E-state index contributed by atoms with van der Waals surface area (Å²) in [5, 5.41) is 0. The monoisotopic (exact) mass is 168 g/mol. The smallest absolute Gasteiger partial charge is 0.141 e. The van der Waals surface area contributed by atoms with Gasteiger partial charge in [-0.25, -0.2) is 4.39 Å². The summed E-state index contributed by atoms with van der Waals surface area (Å²) in [4.78, 5) is 8.71. The molecule has 2 rings (SSSR count). The number of pyridine rings is 1. The molecule has 1 aromatic heterocycles. The lowest BCUT2D eigenvalue weighted by atomic mass is 10.1. The van der Waals surface area contributed by atoms with Crippen molar-refractivity contribution < 1.29 is 9.23 Å². The third kappa shape index (κ3) is 1.44. The number of hydrogen-bond donors (Lipinski definition) is 1. The molecule has 0 bridgehead atoms. The van der Waals surface area contributed by atoms with Crippen LogP contribution in [-0.4, -0.2) is 11.6 Å². The van der Waals surface area contributed by atoms with Crippen molar-refractivity contribution in [3.05, 3.63) is 29.8 Å². The van der Waals surface area contributed by atoms with E-state index in [9.17, 15) is 4.39 Å². The Morgan fingerprint density at radius 3 is 3.17 bits per heavy atom. The highest BCUT2D eigenvalue weighted by molar-refractivity contribution is 5.15. The average molecular weight is 168 g/mol. The first-order chi connectivity index (χ1) is 5.86. The summed E-state index contributed by atoms with van der Waals surface area (Å²) >= 11 is 0. The molecule has 0 aliphatic carbocycles. The molecule has 1 aromatic rings. The molecular formula is C8H9FN2O. The van der Waals surface area contributed by atoms with Gasteiger partial charge in [0.15, 0.2) is 0 Å². The van der Waals surface area contributed by atoms with Gasteiger partial charge in [0.2, 0.25) is 0 Å². The molecule has 2 heterocycles. The summed E-state index contributed by atoms with van der Waals surface area (Å²) < 4.78 is 12.7. The lowest BCUT2D eigenvalue weighted by Crippen LogP contribution is -2.11. The maximum atomic E-state index is 12.7. The maximum Gasteiger partial charge on any atom is 0.141 e. The third-order valence-electron chi connectivity index (χ3n) is 1.86. The van der Waals surface area contributed by atoms with Crippen molar-refractivity contribution >= 4 is 0 Å². The van der Waals surface area contributed by atoms with Gasteiger partial charge in [0.25, 0.3) is 0 Å². The molecule has 0 spiro atoms. The fraction of sp³-hybridized carbons (Fsp3) is 0.375. The zero-order valence-corrected chi connectivity index (χ0v) is 6.46. The van der Waals surface area contributed by atoms with Crippen LogP contribution in [0.4, 0.5) is 4.39 Å². The van der Waals surface area contributed by atoms with Crippen LogP contribution in [-0.2, 0) is 4.84 Å². The second-order valence-electron chi connectivity index (χ2n) is 2.74. The molecule has 0 radical (unpaired) electrons. The van der Waals surface area contributed by atoms with Gasteiger partial charge in [0.1, 0.15) is 5.82 Å². The topological polar surface area (TPSA) is 34.1 Å². The number of hydroxylamine groups is 1. The van der Waals surface area contributed by atoms with Crippen LogP contribution in [0.25, 0.3) is 0 Å². The number of rotatable bonds is 1. The summed E-state index contributed by atoms with van der Waals surface area (Å²) in [5.74, 6) is -0.304. The van der Waals surface area contributed by atoms with Gasteiger partial charge in [0.05, 0.1) is 18.8 Å². The van der Waals surface area contributed by atoms with Crippen LogP contribution in [0.15, 0.2) is 18.5 Å². The SMILES string of the molecule is Fc1cncc(C2CCON2)c1. The van der Waals surface area contributed by atoms with Gasteiger partial charge < -0.3 is 4.84 Å². The molecule has 1 N–H and O–H groups in total. The number of nitrogens with zero attached hydrogens (tertiary/aromatic N) is 1. The van der Waals surface area contributed by atoms with Crippen molar-refractivity contribution in [3.8, 4) is 0 Å². The number of aromatic nitrogens is 1. The Balaban J connectivity index is 2.21. The van der Waals surface area contributed by atoms with Crippen LogP contribution in [0, 0.1) is 5.82 Å².